The zero-order valence-corrected chi connectivity index (χ0v) is 10.5. The number of nitrogens with zero attached hydrogens (tertiary/aromatic N) is 1. The third-order valence-corrected chi connectivity index (χ3v) is 3.08. The lowest BCUT2D eigenvalue weighted by atomic mass is 9.99. The van der Waals surface area contributed by atoms with E-state index in [9.17, 15) is 0 Å². The first-order valence-corrected chi connectivity index (χ1v) is 6.19. The Morgan fingerprint density at radius 1 is 0.632 bits per heavy atom. The molecule has 0 aliphatic rings. The lowest BCUT2D eigenvalue weighted by Crippen LogP contribution is -1.89. The van der Waals surface area contributed by atoms with Crippen LogP contribution >= 0.6 is 0 Å². The van der Waals surface area contributed by atoms with E-state index in [1.54, 1.807) is 12.4 Å². The van der Waals surface area contributed by atoms with Crippen LogP contribution in [-0.2, 0) is 0 Å². The van der Waals surface area contributed by atoms with E-state index in [4.69, 9.17) is 5.73 Å². The fourth-order valence-corrected chi connectivity index (χ4v) is 2.16. The van der Waals surface area contributed by atoms with Gasteiger partial charge in [0.2, 0.25) is 0 Å². The molecular formula is C17H14N2. The second kappa shape index (κ2) is 4.94. The van der Waals surface area contributed by atoms with Crippen LogP contribution in [0.3, 0.4) is 0 Å². The standard InChI is InChI=1S/C17H14N2/c18-17-11-15(13-4-2-1-3-5-13)10-16(12-17)14-6-8-19-9-7-14/h1-12H,18H2. The van der Waals surface area contributed by atoms with Gasteiger partial charge in [0.25, 0.3) is 0 Å². The van der Waals surface area contributed by atoms with E-state index in [2.05, 4.69) is 23.2 Å². The molecule has 2 aromatic carbocycles. The average molecular weight is 246 g/mol. The maximum atomic E-state index is 6.02. The summed E-state index contributed by atoms with van der Waals surface area (Å²) in [5, 5.41) is 0. The number of anilines is 1. The Hall–Kier alpha value is -2.61. The van der Waals surface area contributed by atoms with E-state index in [1.807, 2.05) is 42.5 Å². The number of nitrogen functional groups attached to an aromatic ring is 1. The highest BCUT2D eigenvalue weighted by Gasteiger charge is 2.03. The summed E-state index contributed by atoms with van der Waals surface area (Å²) in [7, 11) is 0. The zero-order chi connectivity index (χ0) is 13.1. The Kier molecular flexibility index (Phi) is 2.99. The number of hydrogen-bond acceptors (Lipinski definition) is 2. The lowest BCUT2D eigenvalue weighted by Gasteiger charge is -2.08. The molecule has 0 unspecified atom stereocenters. The number of pyridine rings is 1. The highest BCUT2D eigenvalue weighted by atomic mass is 14.6. The van der Waals surface area contributed by atoms with Gasteiger partial charge >= 0.3 is 0 Å². The topological polar surface area (TPSA) is 38.9 Å². The van der Waals surface area contributed by atoms with Gasteiger partial charge < -0.3 is 5.73 Å². The Morgan fingerprint density at radius 3 is 1.84 bits per heavy atom. The van der Waals surface area contributed by atoms with Crippen LogP contribution in [0.2, 0.25) is 0 Å². The molecule has 0 bridgehead atoms. The normalized spacial score (nSPS) is 10.3. The number of aromatic nitrogens is 1. The molecule has 1 aromatic heterocycles. The van der Waals surface area contributed by atoms with Gasteiger partial charge in [0.15, 0.2) is 0 Å². The molecule has 3 aromatic rings. The summed E-state index contributed by atoms with van der Waals surface area (Å²) in [6.07, 6.45) is 3.58. The van der Waals surface area contributed by atoms with E-state index >= 15 is 0 Å². The van der Waals surface area contributed by atoms with Gasteiger partial charge in [-0.25, -0.2) is 0 Å². The predicted octanol–water partition coefficient (Wildman–Crippen LogP) is 4.00. The van der Waals surface area contributed by atoms with Crippen molar-refractivity contribution in [2.75, 3.05) is 5.73 Å². The van der Waals surface area contributed by atoms with E-state index in [0.717, 1.165) is 22.4 Å². The van der Waals surface area contributed by atoms with Crippen molar-refractivity contribution in [3.8, 4) is 22.3 Å². The Balaban J connectivity index is 2.12. The Morgan fingerprint density at radius 2 is 1.21 bits per heavy atom. The summed E-state index contributed by atoms with van der Waals surface area (Å²) < 4.78 is 0. The van der Waals surface area contributed by atoms with Gasteiger partial charge in [-0.15, -0.1) is 0 Å². The molecule has 19 heavy (non-hydrogen) atoms. The molecule has 92 valence electrons. The molecule has 0 aliphatic heterocycles. The van der Waals surface area contributed by atoms with E-state index < -0.39 is 0 Å². The first-order chi connectivity index (χ1) is 9.33. The predicted molar refractivity (Wildman–Crippen MR) is 79.5 cm³/mol. The van der Waals surface area contributed by atoms with E-state index in [-0.39, 0.29) is 0 Å². The molecule has 1 heterocycles. The number of rotatable bonds is 2. The maximum Gasteiger partial charge on any atom is 0.0326 e. The van der Waals surface area contributed by atoms with E-state index in [0.29, 0.717) is 0 Å². The zero-order valence-electron chi connectivity index (χ0n) is 10.5. The molecule has 0 spiro atoms. The minimum Gasteiger partial charge on any atom is -0.399 e. The minimum absolute atomic E-state index is 0.771. The van der Waals surface area contributed by atoms with Crippen molar-refractivity contribution in [2.24, 2.45) is 0 Å². The largest absolute Gasteiger partial charge is 0.399 e. The molecule has 0 saturated carbocycles. The van der Waals surface area contributed by atoms with Crippen LogP contribution in [0.1, 0.15) is 0 Å². The molecule has 0 atom stereocenters. The van der Waals surface area contributed by atoms with E-state index in [1.165, 1.54) is 5.56 Å². The summed E-state index contributed by atoms with van der Waals surface area (Å²) >= 11 is 0. The van der Waals surface area contributed by atoms with Crippen LogP contribution in [0, 0.1) is 0 Å². The molecule has 2 nitrogen and oxygen atoms in total. The fraction of sp³-hybridized carbons (Fsp3) is 0. The SMILES string of the molecule is Nc1cc(-c2ccccc2)cc(-c2ccncc2)c1. The van der Waals surface area contributed by atoms with Crippen molar-refractivity contribution >= 4 is 5.69 Å². The van der Waals surface area contributed by atoms with Crippen molar-refractivity contribution in [1.82, 2.24) is 4.98 Å². The molecule has 2 N–H and O–H groups in total. The van der Waals surface area contributed by atoms with Crippen molar-refractivity contribution in [1.29, 1.82) is 0 Å². The molecule has 0 radical (unpaired) electrons. The number of hydrogen-bond donors (Lipinski definition) is 1. The first-order valence-electron chi connectivity index (χ1n) is 6.19. The van der Waals surface area contributed by atoms with Crippen LogP contribution in [0.15, 0.2) is 73.1 Å². The van der Waals surface area contributed by atoms with Gasteiger partial charge in [0.1, 0.15) is 0 Å². The molecular weight excluding hydrogens is 232 g/mol. The van der Waals surface area contributed by atoms with Gasteiger partial charge in [0.05, 0.1) is 0 Å². The molecule has 0 aliphatic carbocycles. The molecule has 0 amide bonds. The maximum absolute atomic E-state index is 6.02. The summed E-state index contributed by atoms with van der Waals surface area (Å²) in [5.41, 5.74) is 11.3. The first kappa shape index (κ1) is 11.5. The third kappa shape index (κ3) is 2.47. The van der Waals surface area contributed by atoms with Gasteiger partial charge in [-0.1, -0.05) is 30.3 Å². The van der Waals surface area contributed by atoms with Crippen molar-refractivity contribution in [2.45, 2.75) is 0 Å². The minimum atomic E-state index is 0.771. The summed E-state index contributed by atoms with van der Waals surface area (Å²) in [6.45, 7) is 0. The smallest absolute Gasteiger partial charge is 0.0326 e. The van der Waals surface area contributed by atoms with Gasteiger partial charge in [-0.05, 0) is 52.6 Å². The van der Waals surface area contributed by atoms with Crippen molar-refractivity contribution < 1.29 is 0 Å². The van der Waals surface area contributed by atoms with Crippen molar-refractivity contribution in [3.63, 3.8) is 0 Å². The average Bonchev–Trinajstić information content (AvgIpc) is 2.48. The second-order valence-electron chi connectivity index (χ2n) is 4.45. The molecule has 0 fully saturated rings. The Bertz CT molecular complexity index is 618. The third-order valence-electron chi connectivity index (χ3n) is 3.08. The van der Waals surface area contributed by atoms with Crippen LogP contribution in [-0.4, -0.2) is 4.98 Å². The van der Waals surface area contributed by atoms with Crippen LogP contribution in [0.4, 0.5) is 5.69 Å². The lowest BCUT2D eigenvalue weighted by molar-refractivity contribution is 1.33. The molecule has 0 saturated heterocycles. The monoisotopic (exact) mass is 246 g/mol. The van der Waals surface area contributed by atoms with Gasteiger partial charge in [-0.3, -0.25) is 4.98 Å². The quantitative estimate of drug-likeness (QED) is 0.694. The Labute approximate surface area is 112 Å². The summed E-state index contributed by atoms with van der Waals surface area (Å²) in [4.78, 5) is 4.04. The number of nitrogens with two attached hydrogens (primary N) is 1. The number of benzene rings is 2. The highest BCUT2D eigenvalue weighted by Crippen LogP contribution is 2.28. The van der Waals surface area contributed by atoms with Gasteiger partial charge in [-0.2, -0.15) is 0 Å². The summed E-state index contributed by atoms with van der Waals surface area (Å²) in [6, 6.07) is 20.4. The summed E-state index contributed by atoms with van der Waals surface area (Å²) in [5.74, 6) is 0. The highest BCUT2D eigenvalue weighted by molar-refractivity contribution is 5.77. The molecule has 3 rings (SSSR count). The van der Waals surface area contributed by atoms with Crippen LogP contribution < -0.4 is 5.73 Å². The van der Waals surface area contributed by atoms with Crippen molar-refractivity contribution in [3.05, 3.63) is 73.1 Å². The van der Waals surface area contributed by atoms with Gasteiger partial charge in [0, 0.05) is 18.1 Å². The molecule has 2 heteroatoms. The van der Waals surface area contributed by atoms with Crippen LogP contribution in [0.5, 0.6) is 0 Å². The second-order valence-corrected chi connectivity index (χ2v) is 4.45. The fourth-order valence-electron chi connectivity index (χ4n) is 2.16. The van der Waals surface area contributed by atoms with Crippen LogP contribution in [0.25, 0.3) is 22.3 Å².